The van der Waals surface area contributed by atoms with Crippen LogP contribution in [0.4, 0.5) is 5.82 Å². The third kappa shape index (κ3) is 3.95. The Kier molecular flexibility index (Phi) is 4.68. The van der Waals surface area contributed by atoms with Crippen LogP contribution in [-0.4, -0.2) is 21.0 Å². The molecule has 0 aliphatic heterocycles. The summed E-state index contributed by atoms with van der Waals surface area (Å²) in [5, 5.41) is 6.60. The maximum atomic E-state index is 12.7. The monoisotopic (exact) mass is 326 g/mol. The number of benzene rings is 1. The van der Waals surface area contributed by atoms with E-state index < -0.39 is 5.25 Å². The van der Waals surface area contributed by atoms with Gasteiger partial charge in [0.2, 0.25) is 5.91 Å². The molecule has 0 radical (unpaired) electrons. The number of thioether (sulfide) groups is 1. The molecule has 3 rings (SSSR count). The summed E-state index contributed by atoms with van der Waals surface area (Å²) in [6.45, 7) is 1.77. The number of carbonyl (C=O) groups is 1. The van der Waals surface area contributed by atoms with Gasteiger partial charge < -0.3 is 9.84 Å². The van der Waals surface area contributed by atoms with Gasteiger partial charge in [-0.3, -0.25) is 4.79 Å². The Balaban J connectivity index is 1.84. The Morgan fingerprint density at radius 3 is 2.57 bits per heavy atom. The van der Waals surface area contributed by atoms with Crippen molar-refractivity contribution >= 4 is 23.5 Å². The molecule has 1 atom stereocenters. The number of hydrogen-bond donors (Lipinski definition) is 1. The highest BCUT2D eigenvalue weighted by atomic mass is 32.2. The van der Waals surface area contributed by atoms with Gasteiger partial charge in [0.1, 0.15) is 11.0 Å². The van der Waals surface area contributed by atoms with Crippen molar-refractivity contribution in [3.05, 3.63) is 66.2 Å². The van der Waals surface area contributed by atoms with E-state index in [1.165, 1.54) is 11.8 Å². The number of rotatable bonds is 5. The summed E-state index contributed by atoms with van der Waals surface area (Å²) in [4.78, 5) is 21.0. The first-order valence-corrected chi connectivity index (χ1v) is 7.83. The summed E-state index contributed by atoms with van der Waals surface area (Å²) in [6.07, 6.45) is 3.30. The Labute approximate surface area is 137 Å². The van der Waals surface area contributed by atoms with Crippen LogP contribution in [-0.2, 0) is 4.79 Å². The van der Waals surface area contributed by atoms with E-state index >= 15 is 0 Å². The fraction of sp³-hybridized carbons (Fsp3) is 0.125. The lowest BCUT2D eigenvalue weighted by Gasteiger charge is -2.14. The van der Waals surface area contributed by atoms with E-state index in [4.69, 9.17) is 4.52 Å². The van der Waals surface area contributed by atoms with Crippen molar-refractivity contribution in [2.45, 2.75) is 17.3 Å². The van der Waals surface area contributed by atoms with E-state index in [2.05, 4.69) is 20.4 Å². The number of aryl methyl sites for hydroxylation is 1. The number of hydrogen-bond acceptors (Lipinski definition) is 6. The fourth-order valence-corrected chi connectivity index (χ4v) is 2.88. The molecule has 0 aliphatic rings. The zero-order valence-corrected chi connectivity index (χ0v) is 13.2. The van der Waals surface area contributed by atoms with Crippen LogP contribution >= 0.6 is 11.8 Å². The first-order chi connectivity index (χ1) is 11.2. The van der Waals surface area contributed by atoms with Gasteiger partial charge >= 0.3 is 0 Å². The van der Waals surface area contributed by atoms with Crippen LogP contribution < -0.4 is 5.32 Å². The molecule has 1 N–H and O–H groups in total. The van der Waals surface area contributed by atoms with Crippen LogP contribution in [0.1, 0.15) is 16.6 Å². The van der Waals surface area contributed by atoms with Crippen molar-refractivity contribution in [3.63, 3.8) is 0 Å². The molecule has 0 bridgehead atoms. The Bertz CT molecular complexity index is 777. The largest absolute Gasteiger partial charge is 0.360 e. The number of anilines is 1. The van der Waals surface area contributed by atoms with Gasteiger partial charge in [-0.05, 0) is 18.6 Å². The van der Waals surface area contributed by atoms with Gasteiger partial charge in [-0.25, -0.2) is 9.97 Å². The lowest BCUT2D eigenvalue weighted by Crippen LogP contribution is -2.19. The number of amides is 1. The van der Waals surface area contributed by atoms with E-state index in [1.807, 2.05) is 30.3 Å². The van der Waals surface area contributed by atoms with Gasteiger partial charge in [-0.1, -0.05) is 47.3 Å². The number of nitrogens with one attached hydrogen (secondary N) is 1. The lowest BCUT2D eigenvalue weighted by atomic mass is 10.1. The first-order valence-electron chi connectivity index (χ1n) is 6.95. The highest BCUT2D eigenvalue weighted by Crippen LogP contribution is 2.34. The van der Waals surface area contributed by atoms with Crippen LogP contribution in [0, 0.1) is 6.92 Å². The van der Waals surface area contributed by atoms with E-state index in [1.54, 1.807) is 31.5 Å². The maximum absolute atomic E-state index is 12.7. The van der Waals surface area contributed by atoms with Crippen LogP contribution in [0.15, 0.2) is 64.5 Å². The molecule has 3 aromatic rings. The molecule has 0 saturated carbocycles. The molecule has 116 valence electrons. The van der Waals surface area contributed by atoms with Crippen LogP contribution in [0.3, 0.4) is 0 Å². The second-order valence-corrected chi connectivity index (χ2v) is 5.82. The van der Waals surface area contributed by atoms with Crippen molar-refractivity contribution < 1.29 is 9.32 Å². The Morgan fingerprint density at radius 1 is 1.17 bits per heavy atom. The van der Waals surface area contributed by atoms with Crippen LogP contribution in [0.25, 0.3) is 0 Å². The molecule has 0 spiro atoms. The Morgan fingerprint density at radius 2 is 1.91 bits per heavy atom. The second kappa shape index (κ2) is 7.06. The number of nitrogens with zero attached hydrogens (tertiary/aromatic N) is 3. The average molecular weight is 326 g/mol. The number of aromatic nitrogens is 3. The highest BCUT2D eigenvalue weighted by Gasteiger charge is 2.24. The van der Waals surface area contributed by atoms with E-state index in [0.717, 1.165) is 5.56 Å². The average Bonchev–Trinajstić information content (AvgIpc) is 2.99. The third-order valence-electron chi connectivity index (χ3n) is 2.99. The molecule has 7 heteroatoms. The van der Waals surface area contributed by atoms with Crippen molar-refractivity contribution in [1.29, 1.82) is 0 Å². The predicted octanol–water partition coefficient (Wildman–Crippen LogP) is 3.25. The minimum Gasteiger partial charge on any atom is -0.360 e. The molecule has 1 unspecified atom stereocenters. The first kappa shape index (κ1) is 15.2. The Hall–Kier alpha value is -2.67. The SMILES string of the molecule is Cc1cc(NC(=O)C(Sc2ncccn2)c2ccccc2)no1. The third-order valence-corrected chi connectivity index (χ3v) is 4.13. The second-order valence-electron chi connectivity index (χ2n) is 4.75. The molecule has 1 aromatic carbocycles. The topological polar surface area (TPSA) is 80.9 Å². The summed E-state index contributed by atoms with van der Waals surface area (Å²) in [5.41, 5.74) is 0.864. The molecular weight excluding hydrogens is 312 g/mol. The summed E-state index contributed by atoms with van der Waals surface area (Å²) in [6, 6.07) is 12.9. The molecule has 2 aromatic heterocycles. The minimum atomic E-state index is -0.490. The molecule has 1 amide bonds. The quantitative estimate of drug-likeness (QED) is 0.572. The van der Waals surface area contributed by atoms with E-state index in [-0.39, 0.29) is 5.91 Å². The summed E-state index contributed by atoms with van der Waals surface area (Å²) >= 11 is 1.28. The van der Waals surface area contributed by atoms with Gasteiger partial charge in [-0.2, -0.15) is 0 Å². The fourth-order valence-electron chi connectivity index (χ4n) is 1.97. The normalized spacial score (nSPS) is 11.9. The molecule has 2 heterocycles. The molecule has 0 saturated heterocycles. The van der Waals surface area contributed by atoms with Crippen molar-refractivity contribution in [1.82, 2.24) is 15.1 Å². The predicted molar refractivity (Wildman–Crippen MR) is 86.9 cm³/mol. The zero-order valence-electron chi connectivity index (χ0n) is 12.3. The van der Waals surface area contributed by atoms with Crippen molar-refractivity contribution in [2.24, 2.45) is 0 Å². The molecule has 6 nitrogen and oxygen atoms in total. The molecular formula is C16H14N4O2S. The van der Waals surface area contributed by atoms with Gasteiger partial charge in [0.25, 0.3) is 0 Å². The summed E-state index contributed by atoms with van der Waals surface area (Å²) in [7, 11) is 0. The van der Waals surface area contributed by atoms with Gasteiger partial charge in [0.05, 0.1) is 0 Å². The van der Waals surface area contributed by atoms with Crippen LogP contribution in [0.5, 0.6) is 0 Å². The van der Waals surface area contributed by atoms with Crippen molar-refractivity contribution in [3.8, 4) is 0 Å². The summed E-state index contributed by atoms with van der Waals surface area (Å²) in [5.74, 6) is 0.820. The lowest BCUT2D eigenvalue weighted by molar-refractivity contribution is -0.115. The number of carbonyl (C=O) groups excluding carboxylic acids is 1. The van der Waals surface area contributed by atoms with Gasteiger partial charge in [0.15, 0.2) is 11.0 Å². The minimum absolute atomic E-state index is 0.207. The van der Waals surface area contributed by atoms with E-state index in [9.17, 15) is 4.79 Å². The molecule has 23 heavy (non-hydrogen) atoms. The standard InChI is InChI=1S/C16H14N4O2S/c1-11-10-13(20-22-11)19-15(21)14(12-6-3-2-4-7-12)23-16-17-8-5-9-18-16/h2-10,14H,1H3,(H,19,20,21). The molecule has 0 fully saturated rings. The van der Waals surface area contributed by atoms with Crippen LogP contribution in [0.2, 0.25) is 0 Å². The smallest absolute Gasteiger partial charge is 0.243 e. The van der Waals surface area contributed by atoms with Crippen molar-refractivity contribution in [2.75, 3.05) is 5.32 Å². The van der Waals surface area contributed by atoms with E-state index in [0.29, 0.717) is 16.7 Å². The maximum Gasteiger partial charge on any atom is 0.243 e. The highest BCUT2D eigenvalue weighted by molar-refractivity contribution is 8.00. The zero-order chi connectivity index (χ0) is 16.1. The summed E-state index contributed by atoms with van der Waals surface area (Å²) < 4.78 is 4.97. The molecule has 0 aliphatic carbocycles. The van der Waals surface area contributed by atoms with Gasteiger partial charge in [-0.15, -0.1) is 0 Å². The van der Waals surface area contributed by atoms with Gasteiger partial charge in [0, 0.05) is 18.5 Å².